The zero-order chi connectivity index (χ0) is 27.1. The van der Waals surface area contributed by atoms with Crippen LogP contribution in [0.4, 0.5) is 0 Å². The van der Waals surface area contributed by atoms with Crippen molar-refractivity contribution in [2.75, 3.05) is 0 Å². The molecule has 4 fully saturated rings. The van der Waals surface area contributed by atoms with E-state index in [9.17, 15) is 15.3 Å². The number of allylic oxidation sites excluding steroid dienone is 4. The maximum absolute atomic E-state index is 11.1. The van der Waals surface area contributed by atoms with Gasteiger partial charge in [0.25, 0.3) is 0 Å². The third-order valence-corrected chi connectivity index (χ3v) is 10.3. The summed E-state index contributed by atoms with van der Waals surface area (Å²) in [6, 6.07) is 0. The van der Waals surface area contributed by atoms with Crippen LogP contribution in [0.5, 0.6) is 0 Å². The van der Waals surface area contributed by atoms with Crippen molar-refractivity contribution in [2.24, 2.45) is 23.2 Å². The van der Waals surface area contributed by atoms with Gasteiger partial charge in [-0.3, -0.25) is 0 Å². The SMILES string of the molecule is C=C1/C(=C\C=C2/CCC[C@]3(C)[C@@H]([C@H](C)/C=C/[C@H](O)C4(c5nc(CCC)no5)CC4)CC[C@@H]23)C[C@@H](O)C[C@@H]1O. The van der Waals surface area contributed by atoms with Gasteiger partial charge in [-0.05, 0) is 92.1 Å². The highest BCUT2D eigenvalue weighted by Gasteiger charge is 2.55. The maximum atomic E-state index is 11.1. The quantitative estimate of drug-likeness (QED) is 0.376. The molecule has 0 unspecified atom stereocenters. The minimum absolute atomic E-state index is 0.235. The zero-order valence-corrected chi connectivity index (χ0v) is 23.4. The first kappa shape index (κ1) is 27.5. The van der Waals surface area contributed by atoms with E-state index in [0.29, 0.717) is 36.5 Å². The lowest BCUT2D eigenvalue weighted by Crippen LogP contribution is -2.35. The molecule has 6 nitrogen and oxygen atoms in total. The molecule has 4 saturated carbocycles. The van der Waals surface area contributed by atoms with Crippen LogP contribution < -0.4 is 0 Å². The summed E-state index contributed by atoms with van der Waals surface area (Å²) in [4.78, 5) is 4.58. The Morgan fingerprint density at radius 2 is 1.95 bits per heavy atom. The Balaban J connectivity index is 1.27. The third kappa shape index (κ3) is 5.12. The van der Waals surface area contributed by atoms with Gasteiger partial charge in [-0.15, -0.1) is 0 Å². The minimum atomic E-state index is -0.646. The number of aryl methyl sites for hydroxylation is 1. The number of nitrogens with zero attached hydrogens (tertiary/aromatic N) is 2. The van der Waals surface area contributed by atoms with Crippen molar-refractivity contribution in [1.82, 2.24) is 10.1 Å². The number of hydrogen-bond donors (Lipinski definition) is 3. The highest BCUT2D eigenvalue weighted by Crippen LogP contribution is 2.59. The topological polar surface area (TPSA) is 99.6 Å². The van der Waals surface area contributed by atoms with E-state index in [0.717, 1.165) is 49.1 Å². The number of aromatic nitrogens is 2. The van der Waals surface area contributed by atoms with Crippen molar-refractivity contribution in [1.29, 1.82) is 0 Å². The van der Waals surface area contributed by atoms with Crippen LogP contribution in [-0.4, -0.2) is 43.8 Å². The lowest BCUT2D eigenvalue weighted by molar-refractivity contribution is 0.0862. The Labute approximate surface area is 227 Å². The molecule has 4 aliphatic rings. The van der Waals surface area contributed by atoms with Crippen LogP contribution in [-0.2, 0) is 11.8 Å². The second kappa shape index (κ2) is 10.9. The number of rotatable bonds is 8. The Morgan fingerprint density at radius 1 is 1.16 bits per heavy atom. The lowest BCUT2D eigenvalue weighted by atomic mass is 9.61. The zero-order valence-electron chi connectivity index (χ0n) is 23.4. The maximum Gasteiger partial charge on any atom is 0.235 e. The molecule has 7 atom stereocenters. The molecule has 0 bridgehead atoms. The highest BCUT2D eigenvalue weighted by molar-refractivity contribution is 5.38. The van der Waals surface area contributed by atoms with Crippen LogP contribution >= 0.6 is 0 Å². The van der Waals surface area contributed by atoms with Gasteiger partial charge in [0.05, 0.1) is 23.7 Å². The van der Waals surface area contributed by atoms with E-state index in [1.807, 2.05) is 6.08 Å². The molecule has 1 aromatic rings. The summed E-state index contributed by atoms with van der Waals surface area (Å²) < 4.78 is 5.56. The van der Waals surface area contributed by atoms with Crippen LogP contribution in [0.1, 0.15) is 96.7 Å². The van der Waals surface area contributed by atoms with Crippen molar-refractivity contribution < 1.29 is 19.8 Å². The molecule has 5 rings (SSSR count). The Bertz CT molecular complexity index is 1110. The molecule has 1 aromatic heterocycles. The molecule has 3 N–H and O–H groups in total. The normalized spacial score (nSPS) is 36.6. The average Bonchev–Trinajstić information content (AvgIpc) is 3.42. The number of hydrogen-bond acceptors (Lipinski definition) is 6. The van der Waals surface area contributed by atoms with Crippen LogP contribution in [0.3, 0.4) is 0 Å². The Kier molecular flexibility index (Phi) is 7.87. The van der Waals surface area contributed by atoms with Gasteiger partial charge in [0.2, 0.25) is 5.89 Å². The molecule has 38 heavy (non-hydrogen) atoms. The monoisotopic (exact) mass is 522 g/mol. The average molecular weight is 523 g/mol. The molecule has 0 amide bonds. The summed E-state index contributed by atoms with van der Waals surface area (Å²) in [6.07, 6.45) is 17.3. The summed E-state index contributed by atoms with van der Waals surface area (Å²) in [5, 5.41) is 35.6. The standard InChI is InChI=1S/C32H46N2O4/c1-5-7-29-33-30(38-34-29)32(16-17-32)28(37)14-9-20(2)25-12-13-26-22(8-6-15-31(25,26)4)10-11-23-18-24(35)19-27(36)21(23)3/h9-11,14,20,24-28,35-37H,3,5-8,12-13,15-19H2,1-2,4H3/b14-9+,22-10+,23-11-/t20-,24-,25-,26+,27+,28+,31-/m1/s1. The van der Waals surface area contributed by atoms with Crippen molar-refractivity contribution in [3.8, 4) is 0 Å². The second-order valence-corrected chi connectivity index (χ2v) is 12.8. The summed E-state index contributed by atoms with van der Waals surface area (Å²) >= 11 is 0. The predicted octanol–water partition coefficient (Wildman–Crippen LogP) is 5.75. The van der Waals surface area contributed by atoms with Gasteiger partial charge in [0.1, 0.15) is 0 Å². The summed E-state index contributed by atoms with van der Waals surface area (Å²) in [7, 11) is 0. The van der Waals surface area contributed by atoms with E-state index >= 15 is 0 Å². The molecule has 208 valence electrons. The number of aliphatic hydroxyl groups excluding tert-OH is 3. The fourth-order valence-corrected chi connectivity index (χ4v) is 7.76. The van der Waals surface area contributed by atoms with Crippen molar-refractivity contribution in [2.45, 2.75) is 115 Å². The van der Waals surface area contributed by atoms with E-state index in [4.69, 9.17) is 4.52 Å². The van der Waals surface area contributed by atoms with Crippen LogP contribution in [0, 0.1) is 23.2 Å². The van der Waals surface area contributed by atoms with E-state index in [1.165, 1.54) is 31.3 Å². The molecule has 0 aromatic carbocycles. The molecule has 0 saturated heterocycles. The highest BCUT2D eigenvalue weighted by atomic mass is 16.5. The van der Waals surface area contributed by atoms with Gasteiger partial charge >= 0.3 is 0 Å². The minimum Gasteiger partial charge on any atom is -0.393 e. The van der Waals surface area contributed by atoms with Crippen LogP contribution in [0.2, 0.25) is 0 Å². The van der Waals surface area contributed by atoms with Crippen molar-refractivity contribution in [3.63, 3.8) is 0 Å². The number of fused-ring (bicyclic) bond motifs is 1. The molecule has 1 heterocycles. The molecular formula is C32H46N2O4. The molecule has 0 spiro atoms. The van der Waals surface area contributed by atoms with Gasteiger partial charge in [0.15, 0.2) is 5.82 Å². The van der Waals surface area contributed by atoms with Crippen LogP contribution in [0.15, 0.2) is 52.1 Å². The van der Waals surface area contributed by atoms with Crippen LogP contribution in [0.25, 0.3) is 0 Å². The van der Waals surface area contributed by atoms with Crippen molar-refractivity contribution in [3.05, 3.63) is 59.3 Å². The van der Waals surface area contributed by atoms with Gasteiger partial charge in [-0.2, -0.15) is 4.98 Å². The van der Waals surface area contributed by atoms with Gasteiger partial charge in [0, 0.05) is 12.8 Å². The molecular weight excluding hydrogens is 476 g/mol. The first-order chi connectivity index (χ1) is 18.2. The first-order valence-electron chi connectivity index (χ1n) is 14.8. The Hall–Kier alpha value is -2.02. The van der Waals surface area contributed by atoms with E-state index in [-0.39, 0.29) is 5.41 Å². The van der Waals surface area contributed by atoms with Gasteiger partial charge in [-0.25, -0.2) is 0 Å². The van der Waals surface area contributed by atoms with E-state index in [2.05, 4.69) is 55.7 Å². The lowest BCUT2D eigenvalue weighted by Gasteiger charge is -2.44. The predicted molar refractivity (Wildman–Crippen MR) is 148 cm³/mol. The largest absolute Gasteiger partial charge is 0.393 e. The molecule has 4 aliphatic carbocycles. The summed E-state index contributed by atoms with van der Waals surface area (Å²) in [5.74, 6) is 2.82. The molecule has 0 radical (unpaired) electrons. The summed E-state index contributed by atoms with van der Waals surface area (Å²) in [5.41, 5.74) is 3.06. The van der Waals surface area contributed by atoms with E-state index < -0.39 is 23.7 Å². The summed E-state index contributed by atoms with van der Waals surface area (Å²) in [6.45, 7) is 11.0. The van der Waals surface area contributed by atoms with Crippen molar-refractivity contribution >= 4 is 0 Å². The third-order valence-electron chi connectivity index (χ3n) is 10.3. The number of aliphatic hydroxyl groups is 3. The fourth-order valence-electron chi connectivity index (χ4n) is 7.76. The Morgan fingerprint density at radius 3 is 2.68 bits per heavy atom. The van der Waals surface area contributed by atoms with Gasteiger partial charge in [-0.1, -0.05) is 62.4 Å². The van der Waals surface area contributed by atoms with Gasteiger partial charge < -0.3 is 19.8 Å². The van der Waals surface area contributed by atoms with E-state index in [1.54, 1.807) is 0 Å². The fraction of sp³-hybridized carbons (Fsp3) is 0.688. The molecule has 6 heteroatoms. The smallest absolute Gasteiger partial charge is 0.235 e. The molecule has 0 aliphatic heterocycles. The first-order valence-corrected chi connectivity index (χ1v) is 14.8. The second-order valence-electron chi connectivity index (χ2n) is 12.8.